The molecule has 0 aliphatic carbocycles. The first kappa shape index (κ1) is 14.0. The van der Waals surface area contributed by atoms with Crippen molar-refractivity contribution in [2.45, 2.75) is 13.0 Å². The van der Waals surface area contributed by atoms with Crippen LogP contribution in [0.3, 0.4) is 0 Å². The molecule has 112 valence electrons. The summed E-state index contributed by atoms with van der Waals surface area (Å²) in [6.45, 7) is 6.06. The number of aromatic nitrogens is 3. The van der Waals surface area contributed by atoms with Crippen molar-refractivity contribution in [3.8, 4) is 0 Å². The third kappa shape index (κ3) is 3.03. The average molecular weight is 289 g/mol. The highest BCUT2D eigenvalue weighted by Gasteiger charge is 2.19. The Kier molecular flexibility index (Phi) is 4.12. The second-order valence-electron chi connectivity index (χ2n) is 5.15. The van der Waals surface area contributed by atoms with Crippen LogP contribution in [0, 0.1) is 0 Å². The minimum Gasteiger partial charge on any atom is -0.379 e. The quantitative estimate of drug-likeness (QED) is 0.869. The molecule has 0 saturated carbocycles. The van der Waals surface area contributed by atoms with Crippen molar-refractivity contribution in [2.75, 3.05) is 32.8 Å². The van der Waals surface area contributed by atoms with Gasteiger partial charge in [-0.3, -0.25) is 9.69 Å². The number of hydrogen-bond donors (Lipinski definition) is 1. The molecule has 1 aliphatic heterocycles. The number of morpholine rings is 1. The van der Waals surface area contributed by atoms with Gasteiger partial charge in [-0.2, -0.15) is 5.10 Å². The first-order valence-electron chi connectivity index (χ1n) is 7.14. The lowest BCUT2D eigenvalue weighted by Crippen LogP contribution is -2.47. The Morgan fingerprint density at radius 2 is 2.29 bits per heavy atom. The number of rotatable bonds is 4. The van der Waals surface area contributed by atoms with Gasteiger partial charge in [0.2, 0.25) is 0 Å². The summed E-state index contributed by atoms with van der Waals surface area (Å²) in [4.78, 5) is 18.8. The zero-order valence-electron chi connectivity index (χ0n) is 12.0. The van der Waals surface area contributed by atoms with Gasteiger partial charge in [-0.25, -0.2) is 9.50 Å². The Labute approximate surface area is 122 Å². The van der Waals surface area contributed by atoms with Crippen LogP contribution in [0.1, 0.15) is 17.3 Å². The van der Waals surface area contributed by atoms with E-state index in [1.165, 1.54) is 0 Å². The smallest absolute Gasteiger partial charge is 0.256 e. The molecular weight excluding hydrogens is 270 g/mol. The summed E-state index contributed by atoms with van der Waals surface area (Å²) in [6.07, 6.45) is 4.98. The van der Waals surface area contributed by atoms with Crippen LogP contribution in [0.4, 0.5) is 0 Å². The third-order valence-electron chi connectivity index (χ3n) is 3.75. The second kappa shape index (κ2) is 6.19. The first-order valence-corrected chi connectivity index (χ1v) is 7.14. The molecule has 7 nitrogen and oxygen atoms in total. The molecule has 3 rings (SSSR count). The van der Waals surface area contributed by atoms with E-state index in [1.54, 1.807) is 29.2 Å². The van der Waals surface area contributed by atoms with Crippen molar-refractivity contribution in [1.29, 1.82) is 0 Å². The molecule has 1 atom stereocenters. The molecule has 3 heterocycles. The van der Waals surface area contributed by atoms with Crippen LogP contribution < -0.4 is 5.32 Å². The van der Waals surface area contributed by atoms with E-state index in [1.807, 2.05) is 0 Å². The highest BCUT2D eigenvalue weighted by atomic mass is 16.5. The van der Waals surface area contributed by atoms with Gasteiger partial charge in [0.25, 0.3) is 5.91 Å². The summed E-state index contributed by atoms with van der Waals surface area (Å²) in [7, 11) is 0. The van der Waals surface area contributed by atoms with Gasteiger partial charge in [-0.05, 0) is 13.0 Å². The monoisotopic (exact) mass is 289 g/mol. The van der Waals surface area contributed by atoms with E-state index in [4.69, 9.17) is 4.74 Å². The summed E-state index contributed by atoms with van der Waals surface area (Å²) < 4.78 is 6.93. The topological polar surface area (TPSA) is 71.8 Å². The van der Waals surface area contributed by atoms with Crippen LogP contribution in [-0.4, -0.2) is 64.3 Å². The fraction of sp³-hybridized carbons (Fsp3) is 0.500. The fourth-order valence-electron chi connectivity index (χ4n) is 2.47. The minimum absolute atomic E-state index is 0.135. The van der Waals surface area contributed by atoms with Crippen molar-refractivity contribution < 1.29 is 9.53 Å². The Bertz CT molecular complexity index is 621. The van der Waals surface area contributed by atoms with Crippen LogP contribution in [0.25, 0.3) is 5.65 Å². The molecular formula is C14H19N5O2. The van der Waals surface area contributed by atoms with E-state index in [-0.39, 0.29) is 11.9 Å². The highest BCUT2D eigenvalue weighted by molar-refractivity contribution is 5.99. The van der Waals surface area contributed by atoms with Crippen molar-refractivity contribution in [1.82, 2.24) is 24.8 Å². The largest absolute Gasteiger partial charge is 0.379 e. The number of carbonyl (C=O) groups is 1. The Hall–Kier alpha value is -1.99. The molecule has 21 heavy (non-hydrogen) atoms. The molecule has 1 fully saturated rings. The summed E-state index contributed by atoms with van der Waals surface area (Å²) in [5.41, 5.74) is 1.08. The molecule has 0 radical (unpaired) electrons. The molecule has 2 aromatic rings. The minimum atomic E-state index is -0.135. The van der Waals surface area contributed by atoms with E-state index in [2.05, 4.69) is 27.2 Å². The fourth-order valence-corrected chi connectivity index (χ4v) is 2.47. The zero-order valence-corrected chi connectivity index (χ0v) is 12.0. The number of fused-ring (bicyclic) bond motifs is 1. The standard InChI is InChI=1S/C14H19N5O2/c1-11(18-5-7-21-8-6-18)9-16-14(20)12-10-17-19-4-2-3-15-13(12)19/h2-4,10-11H,5-9H2,1H3,(H,16,20)/t11-/m0/s1. The second-order valence-corrected chi connectivity index (χ2v) is 5.15. The number of carbonyl (C=O) groups excluding carboxylic acids is 1. The number of hydrogen-bond acceptors (Lipinski definition) is 5. The van der Waals surface area contributed by atoms with E-state index in [9.17, 15) is 4.79 Å². The predicted molar refractivity (Wildman–Crippen MR) is 77.2 cm³/mol. The molecule has 1 N–H and O–H groups in total. The normalized spacial score (nSPS) is 17.8. The maximum absolute atomic E-state index is 12.3. The summed E-state index contributed by atoms with van der Waals surface area (Å²) in [5, 5.41) is 7.08. The number of amides is 1. The maximum atomic E-state index is 12.3. The Morgan fingerprint density at radius 3 is 3.10 bits per heavy atom. The summed E-state index contributed by atoms with van der Waals surface area (Å²) >= 11 is 0. The van der Waals surface area contributed by atoms with Crippen molar-refractivity contribution >= 4 is 11.6 Å². The summed E-state index contributed by atoms with van der Waals surface area (Å²) in [5.74, 6) is -0.135. The van der Waals surface area contributed by atoms with Gasteiger partial charge in [0.1, 0.15) is 5.56 Å². The third-order valence-corrected chi connectivity index (χ3v) is 3.75. The van der Waals surface area contributed by atoms with Crippen molar-refractivity contribution in [2.24, 2.45) is 0 Å². The van der Waals surface area contributed by atoms with E-state index in [0.29, 0.717) is 17.8 Å². The maximum Gasteiger partial charge on any atom is 0.256 e. The zero-order chi connectivity index (χ0) is 14.7. The van der Waals surface area contributed by atoms with Crippen LogP contribution >= 0.6 is 0 Å². The van der Waals surface area contributed by atoms with E-state index < -0.39 is 0 Å². The molecule has 2 aromatic heterocycles. The first-order chi connectivity index (χ1) is 10.3. The van der Waals surface area contributed by atoms with Gasteiger partial charge in [0.05, 0.1) is 19.4 Å². The number of nitrogens with one attached hydrogen (secondary N) is 1. The Morgan fingerprint density at radius 1 is 1.48 bits per heavy atom. The van der Waals surface area contributed by atoms with Crippen LogP contribution in [0.5, 0.6) is 0 Å². The summed E-state index contributed by atoms with van der Waals surface area (Å²) in [6, 6.07) is 2.06. The van der Waals surface area contributed by atoms with Crippen LogP contribution in [-0.2, 0) is 4.74 Å². The lowest BCUT2D eigenvalue weighted by molar-refractivity contribution is 0.0204. The molecule has 0 bridgehead atoms. The lowest BCUT2D eigenvalue weighted by atomic mass is 10.2. The molecule has 7 heteroatoms. The molecule has 0 unspecified atom stereocenters. The van der Waals surface area contributed by atoms with Gasteiger partial charge in [-0.15, -0.1) is 0 Å². The van der Waals surface area contributed by atoms with Crippen molar-refractivity contribution in [3.05, 3.63) is 30.2 Å². The van der Waals surface area contributed by atoms with Gasteiger partial charge in [0, 0.05) is 38.1 Å². The van der Waals surface area contributed by atoms with Crippen molar-refractivity contribution in [3.63, 3.8) is 0 Å². The SMILES string of the molecule is C[C@@H](CNC(=O)c1cnn2cccnc12)N1CCOCC1. The average Bonchev–Trinajstić information content (AvgIpc) is 2.97. The Balaban J connectivity index is 1.61. The van der Waals surface area contributed by atoms with Crippen LogP contribution in [0.15, 0.2) is 24.7 Å². The molecule has 1 saturated heterocycles. The predicted octanol–water partition coefficient (Wildman–Crippen LogP) is 0.180. The molecule has 1 aliphatic rings. The van der Waals surface area contributed by atoms with E-state index >= 15 is 0 Å². The molecule has 1 amide bonds. The molecule has 0 aromatic carbocycles. The van der Waals surface area contributed by atoms with Gasteiger partial charge < -0.3 is 10.1 Å². The molecule has 0 spiro atoms. The highest BCUT2D eigenvalue weighted by Crippen LogP contribution is 2.07. The lowest BCUT2D eigenvalue weighted by Gasteiger charge is -2.32. The number of ether oxygens (including phenoxy) is 1. The van der Waals surface area contributed by atoms with Crippen LogP contribution in [0.2, 0.25) is 0 Å². The van der Waals surface area contributed by atoms with E-state index in [0.717, 1.165) is 26.3 Å². The van der Waals surface area contributed by atoms with Gasteiger partial charge in [0.15, 0.2) is 5.65 Å². The van der Waals surface area contributed by atoms with Gasteiger partial charge >= 0.3 is 0 Å². The number of nitrogens with zero attached hydrogens (tertiary/aromatic N) is 4. The van der Waals surface area contributed by atoms with Gasteiger partial charge in [-0.1, -0.05) is 0 Å².